The summed E-state index contributed by atoms with van der Waals surface area (Å²) in [5.41, 5.74) is 3.70. The van der Waals surface area contributed by atoms with E-state index in [9.17, 15) is 15.2 Å². The van der Waals surface area contributed by atoms with Gasteiger partial charge in [-0.05, 0) is 62.2 Å². The summed E-state index contributed by atoms with van der Waals surface area (Å²) in [6, 6.07) is 13.7. The topological polar surface area (TPSA) is 75.4 Å². The van der Waals surface area contributed by atoms with Crippen LogP contribution in [0, 0.1) is 16.0 Å². The maximum absolute atomic E-state index is 11.0. The van der Waals surface area contributed by atoms with Crippen molar-refractivity contribution in [3.8, 4) is 0 Å². The molecule has 162 valence electrons. The van der Waals surface area contributed by atoms with Gasteiger partial charge in [0, 0.05) is 24.4 Å². The molecule has 5 nitrogen and oxygen atoms in total. The van der Waals surface area contributed by atoms with E-state index in [0.717, 1.165) is 23.6 Å². The highest BCUT2D eigenvalue weighted by Gasteiger charge is 2.32. The molecule has 0 spiro atoms. The van der Waals surface area contributed by atoms with E-state index < -0.39 is 11.0 Å². The Kier molecular flexibility index (Phi) is 7.61. The largest absolute Gasteiger partial charge is 0.391 e. The Morgan fingerprint density at radius 1 is 1.20 bits per heavy atom. The number of hydrogen-bond acceptors (Lipinski definition) is 5. The first-order valence-electron chi connectivity index (χ1n) is 10.2. The highest BCUT2D eigenvalue weighted by Crippen LogP contribution is 2.31. The molecule has 0 aromatic heterocycles. The van der Waals surface area contributed by atoms with Gasteiger partial charge in [-0.3, -0.25) is 10.1 Å². The molecular weight excluding hydrogens is 464 g/mol. The number of aliphatic hydroxyl groups is 1. The van der Waals surface area contributed by atoms with Crippen molar-refractivity contribution in [2.24, 2.45) is 5.92 Å². The Bertz CT molecular complexity index is 900. The maximum Gasteiger partial charge on any atom is 0.283 e. The smallest absolute Gasteiger partial charge is 0.283 e. The number of thioether (sulfide) groups is 1. The van der Waals surface area contributed by atoms with Crippen LogP contribution in [-0.4, -0.2) is 33.7 Å². The standard InChI is InChI=1S/C23H29BrN2O3S/c1-23(2,3)18-6-4-5-16(10-18)12-25-20-14-30-13-17(22(20)27)9-15-7-8-21(26(28)29)19(24)11-15/h4-8,10-11,17,20,22,25,27H,9,12-14H2,1-3H3/t17-,20-,22-/m1/s1. The van der Waals surface area contributed by atoms with Gasteiger partial charge in [-0.1, -0.05) is 51.1 Å². The number of halogens is 1. The lowest BCUT2D eigenvalue weighted by molar-refractivity contribution is -0.385. The average molecular weight is 493 g/mol. The monoisotopic (exact) mass is 492 g/mol. The molecule has 0 amide bonds. The van der Waals surface area contributed by atoms with E-state index in [4.69, 9.17) is 0 Å². The van der Waals surface area contributed by atoms with E-state index in [1.54, 1.807) is 12.1 Å². The van der Waals surface area contributed by atoms with Gasteiger partial charge in [0.15, 0.2) is 0 Å². The van der Waals surface area contributed by atoms with Crippen molar-refractivity contribution < 1.29 is 10.0 Å². The van der Waals surface area contributed by atoms with Gasteiger partial charge in [0.25, 0.3) is 5.69 Å². The zero-order valence-corrected chi connectivity index (χ0v) is 20.0. The molecule has 0 unspecified atom stereocenters. The lowest BCUT2D eigenvalue weighted by atomic mass is 9.86. The third-order valence-electron chi connectivity index (χ3n) is 5.59. The molecule has 2 aromatic carbocycles. The fourth-order valence-electron chi connectivity index (χ4n) is 3.76. The molecule has 0 bridgehead atoms. The molecule has 1 aliphatic rings. The van der Waals surface area contributed by atoms with Gasteiger partial charge in [-0.25, -0.2) is 0 Å². The van der Waals surface area contributed by atoms with E-state index in [1.807, 2.05) is 11.8 Å². The van der Waals surface area contributed by atoms with Crippen molar-refractivity contribution >= 4 is 33.4 Å². The second kappa shape index (κ2) is 9.81. The minimum Gasteiger partial charge on any atom is -0.391 e. The number of nitro benzene ring substituents is 1. The van der Waals surface area contributed by atoms with Crippen LogP contribution in [0.15, 0.2) is 46.9 Å². The van der Waals surface area contributed by atoms with Crippen molar-refractivity contribution in [3.05, 3.63) is 73.7 Å². The Balaban J connectivity index is 1.62. The predicted molar refractivity (Wildman–Crippen MR) is 127 cm³/mol. The lowest BCUT2D eigenvalue weighted by Gasteiger charge is -2.35. The zero-order valence-electron chi connectivity index (χ0n) is 17.6. The molecule has 1 fully saturated rings. The maximum atomic E-state index is 11.0. The minimum atomic E-state index is -0.453. The van der Waals surface area contributed by atoms with Gasteiger partial charge in [0.1, 0.15) is 0 Å². The van der Waals surface area contributed by atoms with Crippen LogP contribution in [0.25, 0.3) is 0 Å². The second-order valence-corrected chi connectivity index (χ2v) is 10.9. The number of benzene rings is 2. The average Bonchev–Trinajstić information content (AvgIpc) is 2.68. The molecule has 1 heterocycles. The number of rotatable bonds is 6. The Hall–Kier alpha value is -1.41. The fourth-order valence-corrected chi connectivity index (χ4v) is 5.65. The third-order valence-corrected chi connectivity index (χ3v) is 7.49. The van der Waals surface area contributed by atoms with Gasteiger partial charge in [-0.2, -0.15) is 11.8 Å². The minimum absolute atomic E-state index is 0.0218. The van der Waals surface area contributed by atoms with Crippen LogP contribution < -0.4 is 5.32 Å². The summed E-state index contributed by atoms with van der Waals surface area (Å²) >= 11 is 5.13. The van der Waals surface area contributed by atoms with Crippen molar-refractivity contribution in [2.45, 2.75) is 51.3 Å². The number of nitrogens with one attached hydrogen (secondary N) is 1. The normalized spacial score (nSPS) is 22.1. The summed E-state index contributed by atoms with van der Waals surface area (Å²) in [6.07, 6.45) is 0.244. The molecule has 0 radical (unpaired) electrons. The van der Waals surface area contributed by atoms with Gasteiger partial charge >= 0.3 is 0 Å². The molecule has 0 aliphatic carbocycles. The van der Waals surface area contributed by atoms with E-state index in [-0.39, 0.29) is 23.1 Å². The summed E-state index contributed by atoms with van der Waals surface area (Å²) < 4.78 is 0.483. The molecule has 3 rings (SSSR count). The van der Waals surface area contributed by atoms with Crippen molar-refractivity contribution in [1.82, 2.24) is 5.32 Å². The molecule has 2 N–H and O–H groups in total. The van der Waals surface area contributed by atoms with E-state index >= 15 is 0 Å². The van der Waals surface area contributed by atoms with Gasteiger partial charge in [0.2, 0.25) is 0 Å². The quantitative estimate of drug-likeness (QED) is 0.434. The molecule has 7 heteroatoms. The zero-order chi connectivity index (χ0) is 21.9. The third kappa shape index (κ3) is 5.84. The highest BCUT2D eigenvalue weighted by molar-refractivity contribution is 9.10. The van der Waals surface area contributed by atoms with Gasteiger partial charge in [-0.15, -0.1) is 0 Å². The van der Waals surface area contributed by atoms with Crippen LogP contribution in [0.3, 0.4) is 0 Å². The predicted octanol–water partition coefficient (Wildman–Crippen LogP) is 5.08. The molecule has 3 atom stereocenters. The molecule has 0 saturated carbocycles. The number of nitrogens with zero attached hydrogens (tertiary/aromatic N) is 1. The van der Waals surface area contributed by atoms with E-state index in [2.05, 4.69) is 66.3 Å². The Morgan fingerprint density at radius 3 is 2.63 bits per heavy atom. The Labute approximate surface area is 190 Å². The number of aliphatic hydroxyl groups excluding tert-OH is 1. The Morgan fingerprint density at radius 2 is 1.97 bits per heavy atom. The number of hydrogen-bond donors (Lipinski definition) is 2. The summed E-state index contributed by atoms with van der Waals surface area (Å²) in [4.78, 5) is 10.6. The summed E-state index contributed by atoms with van der Waals surface area (Å²) in [6.45, 7) is 7.36. The summed E-state index contributed by atoms with van der Waals surface area (Å²) in [5, 5.41) is 25.5. The fraction of sp³-hybridized carbons (Fsp3) is 0.478. The summed E-state index contributed by atoms with van der Waals surface area (Å²) in [7, 11) is 0. The molecule has 1 saturated heterocycles. The molecule has 2 aromatic rings. The molecular formula is C23H29BrN2O3S. The van der Waals surface area contributed by atoms with Crippen molar-refractivity contribution in [3.63, 3.8) is 0 Å². The van der Waals surface area contributed by atoms with Crippen LogP contribution in [0.4, 0.5) is 5.69 Å². The van der Waals surface area contributed by atoms with Crippen LogP contribution in [0.5, 0.6) is 0 Å². The lowest BCUT2D eigenvalue weighted by Crippen LogP contribution is -2.49. The molecule has 30 heavy (non-hydrogen) atoms. The first kappa shape index (κ1) is 23.3. The molecule has 1 aliphatic heterocycles. The van der Waals surface area contributed by atoms with Crippen LogP contribution in [0.2, 0.25) is 0 Å². The SMILES string of the molecule is CC(C)(C)c1cccc(CN[C@@H]2CSC[C@@H](Cc3ccc([N+](=O)[O-])c(Br)c3)[C@H]2O)c1. The van der Waals surface area contributed by atoms with Crippen molar-refractivity contribution in [2.75, 3.05) is 11.5 Å². The van der Waals surface area contributed by atoms with Crippen molar-refractivity contribution in [1.29, 1.82) is 0 Å². The van der Waals surface area contributed by atoms with Gasteiger partial charge in [0.05, 0.1) is 15.5 Å². The first-order chi connectivity index (χ1) is 14.1. The van der Waals surface area contributed by atoms with Crippen LogP contribution >= 0.6 is 27.7 Å². The summed E-state index contributed by atoms with van der Waals surface area (Å²) in [5.74, 6) is 1.86. The first-order valence-corrected chi connectivity index (χ1v) is 12.1. The van der Waals surface area contributed by atoms with Crippen LogP contribution in [-0.2, 0) is 18.4 Å². The van der Waals surface area contributed by atoms with E-state index in [1.165, 1.54) is 17.2 Å². The van der Waals surface area contributed by atoms with E-state index in [0.29, 0.717) is 10.9 Å². The van der Waals surface area contributed by atoms with Gasteiger partial charge < -0.3 is 10.4 Å². The highest BCUT2D eigenvalue weighted by atomic mass is 79.9. The number of nitro groups is 1. The second-order valence-electron chi connectivity index (χ2n) is 8.97. The van der Waals surface area contributed by atoms with Crippen LogP contribution in [0.1, 0.15) is 37.5 Å².